The van der Waals surface area contributed by atoms with Crippen LogP contribution < -0.4 is 5.73 Å². The van der Waals surface area contributed by atoms with Crippen molar-refractivity contribution < 1.29 is 4.92 Å². The van der Waals surface area contributed by atoms with E-state index >= 15 is 0 Å². The van der Waals surface area contributed by atoms with Crippen molar-refractivity contribution >= 4 is 5.69 Å². The molecule has 19 heavy (non-hydrogen) atoms. The number of hydrogen-bond donors (Lipinski definition) is 1. The van der Waals surface area contributed by atoms with E-state index in [1.165, 1.54) is 25.7 Å². The van der Waals surface area contributed by atoms with Crippen LogP contribution in [0.4, 0.5) is 5.69 Å². The van der Waals surface area contributed by atoms with E-state index in [1.54, 1.807) is 12.1 Å². The fourth-order valence-electron chi connectivity index (χ4n) is 3.01. The molecule has 0 saturated heterocycles. The number of nitrogens with zero attached hydrogens (tertiary/aromatic N) is 1. The molecule has 2 unspecified atom stereocenters. The maximum atomic E-state index is 11.0. The lowest BCUT2D eigenvalue weighted by atomic mass is 9.89. The molecule has 1 saturated carbocycles. The first-order valence-corrected chi connectivity index (χ1v) is 7.16. The van der Waals surface area contributed by atoms with Crippen LogP contribution in [-0.4, -0.2) is 11.0 Å². The van der Waals surface area contributed by atoms with Crippen LogP contribution in [-0.2, 0) is 6.42 Å². The largest absolute Gasteiger partial charge is 0.327 e. The van der Waals surface area contributed by atoms with Gasteiger partial charge in [-0.15, -0.1) is 0 Å². The number of benzene rings is 1. The second kappa shape index (κ2) is 6.66. The fourth-order valence-corrected chi connectivity index (χ4v) is 3.01. The molecule has 4 heteroatoms. The van der Waals surface area contributed by atoms with Crippen molar-refractivity contribution in [2.75, 3.05) is 0 Å². The van der Waals surface area contributed by atoms with Gasteiger partial charge in [0.2, 0.25) is 0 Å². The molecule has 2 rings (SSSR count). The lowest BCUT2D eigenvalue weighted by Gasteiger charge is -2.21. The van der Waals surface area contributed by atoms with Crippen molar-refractivity contribution in [1.29, 1.82) is 0 Å². The predicted octanol–water partition coefficient (Wildman–Crippen LogP) is 3.44. The Hall–Kier alpha value is -1.42. The Morgan fingerprint density at radius 1 is 1.21 bits per heavy atom. The number of nitrogens with two attached hydrogens (primary N) is 1. The van der Waals surface area contributed by atoms with Crippen LogP contribution in [0.3, 0.4) is 0 Å². The van der Waals surface area contributed by atoms with Crippen LogP contribution in [0.5, 0.6) is 0 Å². The molecule has 0 aliphatic heterocycles. The summed E-state index contributed by atoms with van der Waals surface area (Å²) in [5, 5.41) is 11.0. The zero-order chi connectivity index (χ0) is 13.7. The number of rotatable bonds is 4. The molecular formula is C15H22N2O2. The molecule has 0 heterocycles. The minimum atomic E-state index is -0.289. The monoisotopic (exact) mass is 262 g/mol. The molecule has 1 aliphatic rings. The normalized spacial score (nSPS) is 23.8. The van der Waals surface area contributed by atoms with Gasteiger partial charge in [0.25, 0.3) is 5.69 Å². The van der Waals surface area contributed by atoms with E-state index in [-0.39, 0.29) is 16.7 Å². The molecule has 1 aliphatic carbocycles. The quantitative estimate of drug-likeness (QED) is 0.513. The van der Waals surface area contributed by atoms with E-state index in [1.807, 2.05) is 12.1 Å². The topological polar surface area (TPSA) is 69.2 Å². The van der Waals surface area contributed by atoms with Gasteiger partial charge < -0.3 is 5.73 Å². The summed E-state index contributed by atoms with van der Waals surface area (Å²) in [6.45, 7) is 0. The molecule has 1 aromatic rings. The Bertz CT molecular complexity index is 434. The van der Waals surface area contributed by atoms with Gasteiger partial charge in [-0.1, -0.05) is 37.5 Å². The van der Waals surface area contributed by atoms with E-state index < -0.39 is 0 Å². The van der Waals surface area contributed by atoms with Gasteiger partial charge in [0, 0.05) is 17.7 Å². The Kier molecular flexibility index (Phi) is 4.91. The van der Waals surface area contributed by atoms with Crippen molar-refractivity contribution in [3.8, 4) is 0 Å². The Labute approximate surface area is 114 Å². The number of aryl methyl sites for hydroxylation is 1. The summed E-state index contributed by atoms with van der Waals surface area (Å²) in [5.41, 5.74) is 7.28. The summed E-state index contributed by atoms with van der Waals surface area (Å²) < 4.78 is 0. The molecule has 104 valence electrons. The number of para-hydroxylation sites is 1. The summed E-state index contributed by atoms with van der Waals surface area (Å²) in [4.78, 5) is 10.7. The van der Waals surface area contributed by atoms with E-state index in [9.17, 15) is 10.1 Å². The molecule has 0 amide bonds. The summed E-state index contributed by atoms with van der Waals surface area (Å²) in [6, 6.07) is 7.31. The second-order valence-electron chi connectivity index (χ2n) is 5.49. The molecular weight excluding hydrogens is 240 g/mol. The standard InChI is InChI=1S/C15H22N2O2/c16-14-8-3-1-2-6-12(14)10-11-13-7-4-5-9-15(13)17(18)19/h4-5,7,9,12,14H,1-3,6,8,10-11,16H2. The predicted molar refractivity (Wildman–Crippen MR) is 76.0 cm³/mol. The SMILES string of the molecule is NC1CCCCCC1CCc1ccccc1[N+](=O)[O-]. The van der Waals surface area contributed by atoms with Crippen molar-refractivity contribution in [1.82, 2.24) is 0 Å². The highest BCUT2D eigenvalue weighted by molar-refractivity contribution is 5.39. The first kappa shape index (κ1) is 14.0. The highest BCUT2D eigenvalue weighted by Gasteiger charge is 2.21. The van der Waals surface area contributed by atoms with Gasteiger partial charge in [-0.2, -0.15) is 0 Å². The van der Waals surface area contributed by atoms with Crippen molar-refractivity contribution in [3.05, 3.63) is 39.9 Å². The first-order valence-electron chi connectivity index (χ1n) is 7.16. The minimum absolute atomic E-state index is 0.240. The fraction of sp³-hybridized carbons (Fsp3) is 0.600. The highest BCUT2D eigenvalue weighted by Crippen LogP contribution is 2.28. The number of nitro groups is 1. The van der Waals surface area contributed by atoms with Gasteiger partial charge in [0.05, 0.1) is 4.92 Å². The molecule has 1 aromatic carbocycles. The van der Waals surface area contributed by atoms with Gasteiger partial charge in [-0.05, 0) is 31.6 Å². The van der Waals surface area contributed by atoms with Gasteiger partial charge in [0.15, 0.2) is 0 Å². The third kappa shape index (κ3) is 3.77. The molecule has 4 nitrogen and oxygen atoms in total. The number of hydrogen-bond acceptors (Lipinski definition) is 3. The van der Waals surface area contributed by atoms with Crippen molar-refractivity contribution in [2.24, 2.45) is 11.7 Å². The van der Waals surface area contributed by atoms with Crippen molar-refractivity contribution in [2.45, 2.75) is 51.0 Å². The van der Waals surface area contributed by atoms with Crippen LogP contribution in [0.25, 0.3) is 0 Å². The lowest BCUT2D eigenvalue weighted by Crippen LogP contribution is -2.29. The summed E-state index contributed by atoms with van der Waals surface area (Å²) in [5.74, 6) is 0.516. The Balaban J connectivity index is 1.99. The molecule has 2 atom stereocenters. The van der Waals surface area contributed by atoms with Crippen molar-refractivity contribution in [3.63, 3.8) is 0 Å². The lowest BCUT2D eigenvalue weighted by molar-refractivity contribution is -0.385. The third-order valence-electron chi connectivity index (χ3n) is 4.19. The van der Waals surface area contributed by atoms with Crippen LogP contribution in [0.1, 0.15) is 44.1 Å². The van der Waals surface area contributed by atoms with Gasteiger partial charge in [-0.3, -0.25) is 10.1 Å². The Morgan fingerprint density at radius 3 is 2.74 bits per heavy atom. The molecule has 0 bridgehead atoms. The Morgan fingerprint density at radius 2 is 1.95 bits per heavy atom. The molecule has 0 spiro atoms. The smallest absolute Gasteiger partial charge is 0.272 e. The maximum absolute atomic E-state index is 11.0. The van der Waals surface area contributed by atoms with Crippen LogP contribution in [0.15, 0.2) is 24.3 Å². The number of nitro benzene ring substituents is 1. The maximum Gasteiger partial charge on any atom is 0.272 e. The van der Waals surface area contributed by atoms with Gasteiger partial charge in [0.1, 0.15) is 0 Å². The molecule has 1 fully saturated rings. The second-order valence-corrected chi connectivity index (χ2v) is 5.49. The summed E-state index contributed by atoms with van der Waals surface area (Å²) in [6.07, 6.45) is 7.74. The average Bonchev–Trinajstić information content (AvgIpc) is 2.61. The van der Waals surface area contributed by atoms with Crippen LogP contribution >= 0.6 is 0 Å². The average molecular weight is 262 g/mol. The first-order chi connectivity index (χ1) is 9.18. The van der Waals surface area contributed by atoms with Gasteiger partial charge >= 0.3 is 0 Å². The zero-order valence-electron chi connectivity index (χ0n) is 11.3. The summed E-state index contributed by atoms with van der Waals surface area (Å²) in [7, 11) is 0. The third-order valence-corrected chi connectivity index (χ3v) is 4.19. The van der Waals surface area contributed by atoms with E-state index in [2.05, 4.69) is 0 Å². The highest BCUT2D eigenvalue weighted by atomic mass is 16.6. The van der Waals surface area contributed by atoms with E-state index in [0.717, 1.165) is 24.8 Å². The van der Waals surface area contributed by atoms with E-state index in [0.29, 0.717) is 5.92 Å². The van der Waals surface area contributed by atoms with E-state index in [4.69, 9.17) is 5.73 Å². The van der Waals surface area contributed by atoms with Gasteiger partial charge in [-0.25, -0.2) is 0 Å². The van der Waals surface area contributed by atoms with Crippen LogP contribution in [0.2, 0.25) is 0 Å². The zero-order valence-corrected chi connectivity index (χ0v) is 11.3. The molecule has 0 aromatic heterocycles. The van der Waals surface area contributed by atoms with Crippen LogP contribution in [0, 0.1) is 16.0 Å². The summed E-state index contributed by atoms with van der Waals surface area (Å²) >= 11 is 0. The molecule has 2 N–H and O–H groups in total. The minimum Gasteiger partial charge on any atom is -0.327 e. The molecule has 0 radical (unpaired) electrons.